The number of likely N-dealkylation sites (N-methyl/N-ethyl adjacent to an activating group) is 1. The molecule has 1 aliphatic rings. The van der Waals surface area contributed by atoms with E-state index in [0.29, 0.717) is 12.2 Å². The van der Waals surface area contributed by atoms with E-state index in [9.17, 15) is 0 Å². The van der Waals surface area contributed by atoms with E-state index in [1.54, 1.807) is 19.2 Å². The second kappa shape index (κ2) is 6.44. The molecule has 0 atom stereocenters. The number of methoxy groups -OCH3 is 1. The summed E-state index contributed by atoms with van der Waals surface area (Å²) in [5, 5.41) is 9.13. The second-order valence-electron chi connectivity index (χ2n) is 4.93. The van der Waals surface area contributed by atoms with Crippen LogP contribution in [0.3, 0.4) is 0 Å². The van der Waals surface area contributed by atoms with Crippen LogP contribution in [0.2, 0.25) is 0 Å². The molecule has 0 spiro atoms. The molecule has 1 aromatic carbocycles. The third-order valence-corrected chi connectivity index (χ3v) is 3.36. The van der Waals surface area contributed by atoms with Gasteiger partial charge in [-0.05, 0) is 30.9 Å². The number of benzene rings is 1. The van der Waals surface area contributed by atoms with Crippen LogP contribution in [0.4, 0.5) is 5.69 Å². The molecule has 19 heavy (non-hydrogen) atoms. The number of hydrogen-bond acceptors (Lipinski definition) is 4. The van der Waals surface area contributed by atoms with Crippen LogP contribution >= 0.6 is 0 Å². The van der Waals surface area contributed by atoms with E-state index in [2.05, 4.69) is 6.07 Å². The molecular formula is C15H20N2O2. The zero-order chi connectivity index (χ0) is 13.7. The highest BCUT2D eigenvalue weighted by atomic mass is 16.5. The van der Waals surface area contributed by atoms with Crippen LogP contribution in [-0.4, -0.2) is 33.9 Å². The van der Waals surface area contributed by atoms with Crippen LogP contribution in [0.5, 0.6) is 5.75 Å². The van der Waals surface area contributed by atoms with E-state index >= 15 is 0 Å². The van der Waals surface area contributed by atoms with Crippen LogP contribution in [0.15, 0.2) is 18.2 Å². The third-order valence-electron chi connectivity index (χ3n) is 3.36. The smallest absolute Gasteiger partial charge is 0.121 e. The van der Waals surface area contributed by atoms with Gasteiger partial charge in [-0.15, -0.1) is 0 Å². The van der Waals surface area contributed by atoms with Gasteiger partial charge in [0.1, 0.15) is 11.8 Å². The average Bonchev–Trinajstić information content (AvgIpc) is 3.26. The van der Waals surface area contributed by atoms with Crippen molar-refractivity contribution >= 4 is 5.69 Å². The summed E-state index contributed by atoms with van der Waals surface area (Å²) in [6, 6.07) is 7.69. The van der Waals surface area contributed by atoms with Crippen molar-refractivity contribution in [2.24, 2.45) is 5.92 Å². The lowest BCUT2D eigenvalue weighted by Gasteiger charge is -2.21. The van der Waals surface area contributed by atoms with E-state index in [4.69, 9.17) is 14.7 Å². The minimum Gasteiger partial charge on any atom is -0.497 e. The van der Waals surface area contributed by atoms with Gasteiger partial charge in [-0.1, -0.05) is 0 Å². The maximum Gasteiger partial charge on any atom is 0.121 e. The maximum absolute atomic E-state index is 9.13. The highest BCUT2D eigenvalue weighted by Gasteiger charge is 2.21. The molecule has 0 bridgehead atoms. The Balaban J connectivity index is 1.92. The third kappa shape index (κ3) is 3.87. The Morgan fingerprint density at radius 3 is 2.84 bits per heavy atom. The van der Waals surface area contributed by atoms with E-state index in [1.807, 2.05) is 18.0 Å². The molecule has 0 N–H and O–H groups in total. The highest BCUT2D eigenvalue weighted by Crippen LogP contribution is 2.29. The molecule has 0 radical (unpaired) electrons. The number of ether oxygens (including phenoxy) is 2. The van der Waals surface area contributed by atoms with Crippen molar-refractivity contribution in [3.63, 3.8) is 0 Å². The van der Waals surface area contributed by atoms with Crippen molar-refractivity contribution in [1.29, 1.82) is 5.26 Å². The van der Waals surface area contributed by atoms with E-state index in [-0.39, 0.29) is 0 Å². The van der Waals surface area contributed by atoms with Gasteiger partial charge in [-0.2, -0.15) is 5.26 Å². The van der Waals surface area contributed by atoms with Crippen LogP contribution in [-0.2, 0) is 4.74 Å². The molecular weight excluding hydrogens is 240 g/mol. The first-order valence-corrected chi connectivity index (χ1v) is 6.61. The van der Waals surface area contributed by atoms with Gasteiger partial charge in [-0.25, -0.2) is 0 Å². The van der Waals surface area contributed by atoms with Crippen molar-refractivity contribution in [3.05, 3.63) is 23.8 Å². The monoisotopic (exact) mass is 260 g/mol. The molecule has 1 saturated carbocycles. The normalized spacial score (nSPS) is 13.9. The van der Waals surface area contributed by atoms with Crippen molar-refractivity contribution in [3.8, 4) is 11.8 Å². The SMILES string of the molecule is COc1ccc(C#N)c(N(C)CCOCC2CC2)c1. The number of nitriles is 1. The topological polar surface area (TPSA) is 45.5 Å². The number of hydrogen-bond donors (Lipinski definition) is 0. The van der Waals surface area contributed by atoms with Gasteiger partial charge in [0, 0.05) is 26.3 Å². The van der Waals surface area contributed by atoms with Gasteiger partial charge in [0.15, 0.2) is 0 Å². The summed E-state index contributed by atoms with van der Waals surface area (Å²) < 4.78 is 10.8. The van der Waals surface area contributed by atoms with Crippen LogP contribution < -0.4 is 9.64 Å². The number of rotatable bonds is 7. The number of anilines is 1. The fourth-order valence-corrected chi connectivity index (χ4v) is 1.91. The summed E-state index contributed by atoms with van der Waals surface area (Å²) in [5.74, 6) is 1.55. The van der Waals surface area contributed by atoms with Crippen LogP contribution in [0, 0.1) is 17.2 Å². The largest absolute Gasteiger partial charge is 0.497 e. The Hall–Kier alpha value is -1.73. The van der Waals surface area contributed by atoms with Gasteiger partial charge in [-0.3, -0.25) is 0 Å². The number of nitrogens with zero attached hydrogens (tertiary/aromatic N) is 2. The Morgan fingerprint density at radius 2 is 2.21 bits per heavy atom. The Labute approximate surface area is 114 Å². The molecule has 0 heterocycles. The van der Waals surface area contributed by atoms with Crippen molar-refractivity contribution < 1.29 is 9.47 Å². The molecule has 0 amide bonds. The van der Waals surface area contributed by atoms with Gasteiger partial charge in [0.25, 0.3) is 0 Å². The molecule has 102 valence electrons. The Kier molecular flexibility index (Phi) is 4.64. The molecule has 1 fully saturated rings. The standard InChI is InChI=1S/C15H20N2O2/c1-17(7-8-19-11-12-3-4-12)15-9-14(18-2)6-5-13(15)10-16/h5-6,9,12H,3-4,7-8,11H2,1-2H3. The van der Waals surface area contributed by atoms with Gasteiger partial charge in [0.05, 0.1) is 25.0 Å². The summed E-state index contributed by atoms with van der Waals surface area (Å²) in [6.07, 6.45) is 2.62. The fraction of sp³-hybridized carbons (Fsp3) is 0.533. The first-order chi connectivity index (χ1) is 9.24. The quantitative estimate of drug-likeness (QED) is 0.706. The zero-order valence-electron chi connectivity index (χ0n) is 11.6. The highest BCUT2D eigenvalue weighted by molar-refractivity contribution is 5.61. The zero-order valence-corrected chi connectivity index (χ0v) is 11.6. The molecule has 0 unspecified atom stereocenters. The lowest BCUT2D eigenvalue weighted by atomic mass is 10.1. The molecule has 0 aromatic heterocycles. The van der Waals surface area contributed by atoms with Crippen molar-refractivity contribution in [2.75, 3.05) is 38.8 Å². The van der Waals surface area contributed by atoms with Crippen molar-refractivity contribution in [1.82, 2.24) is 0 Å². The fourth-order valence-electron chi connectivity index (χ4n) is 1.91. The minimum absolute atomic E-state index is 0.658. The molecule has 4 heteroatoms. The van der Waals surface area contributed by atoms with E-state index < -0.39 is 0 Å². The first-order valence-electron chi connectivity index (χ1n) is 6.61. The second-order valence-corrected chi connectivity index (χ2v) is 4.93. The van der Waals surface area contributed by atoms with Crippen LogP contribution in [0.25, 0.3) is 0 Å². The lowest BCUT2D eigenvalue weighted by Crippen LogP contribution is -2.23. The molecule has 2 rings (SSSR count). The molecule has 1 aliphatic carbocycles. The van der Waals surface area contributed by atoms with Gasteiger partial charge >= 0.3 is 0 Å². The Bertz CT molecular complexity index is 464. The summed E-state index contributed by atoms with van der Waals surface area (Å²) in [7, 11) is 3.60. The predicted octanol–water partition coefficient (Wildman–Crippen LogP) is 2.43. The maximum atomic E-state index is 9.13. The summed E-state index contributed by atoms with van der Waals surface area (Å²) >= 11 is 0. The molecule has 4 nitrogen and oxygen atoms in total. The molecule has 0 aliphatic heterocycles. The predicted molar refractivity (Wildman–Crippen MR) is 74.5 cm³/mol. The molecule has 1 aromatic rings. The summed E-state index contributed by atoms with van der Waals surface area (Å²) in [6.45, 7) is 2.33. The first kappa shape index (κ1) is 13.7. The van der Waals surface area contributed by atoms with Gasteiger partial charge < -0.3 is 14.4 Å². The average molecular weight is 260 g/mol. The van der Waals surface area contributed by atoms with E-state index in [0.717, 1.165) is 30.5 Å². The minimum atomic E-state index is 0.658. The molecule has 0 saturated heterocycles. The lowest BCUT2D eigenvalue weighted by molar-refractivity contribution is 0.131. The van der Waals surface area contributed by atoms with E-state index in [1.165, 1.54) is 12.8 Å². The summed E-state index contributed by atoms with van der Waals surface area (Å²) in [4.78, 5) is 2.04. The summed E-state index contributed by atoms with van der Waals surface area (Å²) in [5.41, 5.74) is 1.54. The van der Waals surface area contributed by atoms with Gasteiger partial charge in [0.2, 0.25) is 0 Å². The van der Waals surface area contributed by atoms with Crippen LogP contribution in [0.1, 0.15) is 18.4 Å². The Morgan fingerprint density at radius 1 is 1.42 bits per heavy atom. The van der Waals surface area contributed by atoms with Crippen molar-refractivity contribution in [2.45, 2.75) is 12.8 Å².